The molecule has 2 heterocycles. The summed E-state index contributed by atoms with van der Waals surface area (Å²) < 4.78 is 11.4. The van der Waals surface area contributed by atoms with Crippen molar-refractivity contribution in [2.75, 3.05) is 32.8 Å². The van der Waals surface area contributed by atoms with Crippen molar-refractivity contribution >= 4 is 5.91 Å². The van der Waals surface area contributed by atoms with Gasteiger partial charge >= 0.3 is 0 Å². The van der Waals surface area contributed by atoms with E-state index in [1.54, 1.807) is 0 Å². The molecule has 2 aliphatic rings. The third-order valence-corrected chi connectivity index (χ3v) is 5.27. The van der Waals surface area contributed by atoms with Crippen molar-refractivity contribution in [3.05, 3.63) is 59.7 Å². The van der Waals surface area contributed by atoms with E-state index in [0.717, 1.165) is 43.2 Å². The van der Waals surface area contributed by atoms with Crippen LogP contribution in [0.1, 0.15) is 18.1 Å². The van der Waals surface area contributed by atoms with E-state index in [1.165, 1.54) is 5.56 Å². The Balaban J connectivity index is 1.38. The number of nitrogens with zero attached hydrogens (tertiary/aromatic N) is 2. The van der Waals surface area contributed by atoms with Crippen molar-refractivity contribution in [3.8, 4) is 11.5 Å². The van der Waals surface area contributed by atoms with Gasteiger partial charge in [0, 0.05) is 37.8 Å². The number of carbonyl (C=O) groups is 1. The van der Waals surface area contributed by atoms with Gasteiger partial charge in [-0.25, -0.2) is 0 Å². The van der Waals surface area contributed by atoms with E-state index in [0.29, 0.717) is 19.6 Å². The van der Waals surface area contributed by atoms with E-state index in [-0.39, 0.29) is 11.9 Å². The number of ether oxygens (including phenoxy) is 2. The van der Waals surface area contributed by atoms with Crippen LogP contribution in [0.2, 0.25) is 0 Å². The highest BCUT2D eigenvalue weighted by Crippen LogP contribution is 2.34. The van der Waals surface area contributed by atoms with Crippen molar-refractivity contribution in [2.24, 2.45) is 0 Å². The van der Waals surface area contributed by atoms with Crippen LogP contribution in [0.15, 0.2) is 48.5 Å². The summed E-state index contributed by atoms with van der Waals surface area (Å²) in [5.41, 5.74) is 2.23. The largest absolute Gasteiger partial charge is 0.486 e. The Labute approximate surface area is 160 Å². The minimum atomic E-state index is 0.157. The Morgan fingerprint density at radius 2 is 1.85 bits per heavy atom. The van der Waals surface area contributed by atoms with Gasteiger partial charge in [0.05, 0.1) is 6.42 Å². The SMILES string of the molecule is C[C@@H]1CN(Cc2ccccc2)CCN1C(=O)Cc1cccc2c1OCCO2. The molecule has 0 radical (unpaired) electrons. The molecule has 142 valence electrons. The van der Waals surface area contributed by atoms with Gasteiger partial charge in [-0.1, -0.05) is 42.5 Å². The second kappa shape index (κ2) is 8.01. The maximum Gasteiger partial charge on any atom is 0.227 e. The number of hydrogen-bond donors (Lipinski definition) is 0. The molecule has 0 unspecified atom stereocenters. The van der Waals surface area contributed by atoms with Crippen LogP contribution in [0.5, 0.6) is 11.5 Å². The molecule has 0 aliphatic carbocycles. The van der Waals surface area contributed by atoms with E-state index in [2.05, 4.69) is 36.1 Å². The summed E-state index contributed by atoms with van der Waals surface area (Å²) >= 11 is 0. The normalized spacial score (nSPS) is 19.7. The van der Waals surface area contributed by atoms with Crippen molar-refractivity contribution in [1.29, 1.82) is 0 Å². The quantitative estimate of drug-likeness (QED) is 0.834. The molecule has 2 aromatic rings. The topological polar surface area (TPSA) is 42.0 Å². The minimum Gasteiger partial charge on any atom is -0.486 e. The predicted molar refractivity (Wildman–Crippen MR) is 104 cm³/mol. The summed E-state index contributed by atoms with van der Waals surface area (Å²) in [7, 11) is 0. The molecular formula is C22H26N2O3. The molecule has 1 fully saturated rings. The highest BCUT2D eigenvalue weighted by Gasteiger charge is 2.28. The molecule has 2 aliphatic heterocycles. The van der Waals surface area contributed by atoms with Crippen LogP contribution in [0.25, 0.3) is 0 Å². The summed E-state index contributed by atoms with van der Waals surface area (Å²) in [6, 6.07) is 16.5. The van der Waals surface area contributed by atoms with Crippen LogP contribution in [-0.2, 0) is 17.8 Å². The fourth-order valence-corrected chi connectivity index (χ4v) is 3.93. The van der Waals surface area contributed by atoms with Crippen LogP contribution in [0.3, 0.4) is 0 Å². The van der Waals surface area contributed by atoms with E-state index < -0.39 is 0 Å². The number of piperazine rings is 1. The molecule has 0 N–H and O–H groups in total. The smallest absolute Gasteiger partial charge is 0.227 e. The number of benzene rings is 2. The first-order chi connectivity index (χ1) is 13.2. The van der Waals surface area contributed by atoms with E-state index in [1.807, 2.05) is 29.2 Å². The Bertz CT molecular complexity index is 793. The lowest BCUT2D eigenvalue weighted by Crippen LogP contribution is -2.54. The third kappa shape index (κ3) is 4.08. The lowest BCUT2D eigenvalue weighted by atomic mass is 10.1. The van der Waals surface area contributed by atoms with Gasteiger partial charge < -0.3 is 14.4 Å². The van der Waals surface area contributed by atoms with E-state index in [4.69, 9.17) is 9.47 Å². The molecule has 0 bridgehead atoms. The van der Waals surface area contributed by atoms with Crippen LogP contribution in [0, 0.1) is 0 Å². The number of para-hydroxylation sites is 1. The van der Waals surface area contributed by atoms with Crippen LogP contribution in [0.4, 0.5) is 0 Å². The number of fused-ring (bicyclic) bond motifs is 1. The maximum absolute atomic E-state index is 12.9. The van der Waals surface area contributed by atoms with Gasteiger partial charge in [0.15, 0.2) is 11.5 Å². The zero-order valence-corrected chi connectivity index (χ0v) is 15.8. The average Bonchev–Trinajstić information content (AvgIpc) is 2.69. The monoisotopic (exact) mass is 366 g/mol. The number of rotatable bonds is 4. The summed E-state index contributed by atoms with van der Waals surface area (Å²) in [5, 5.41) is 0. The average molecular weight is 366 g/mol. The van der Waals surface area contributed by atoms with Gasteiger partial charge in [-0.15, -0.1) is 0 Å². The lowest BCUT2D eigenvalue weighted by Gasteiger charge is -2.40. The van der Waals surface area contributed by atoms with Gasteiger partial charge in [-0.2, -0.15) is 0 Å². The van der Waals surface area contributed by atoms with Gasteiger partial charge in [0.2, 0.25) is 5.91 Å². The fourth-order valence-electron chi connectivity index (χ4n) is 3.93. The molecule has 2 aromatic carbocycles. The second-order valence-corrected chi connectivity index (χ2v) is 7.27. The summed E-state index contributed by atoms with van der Waals surface area (Å²) in [5.74, 6) is 1.63. The number of hydrogen-bond acceptors (Lipinski definition) is 4. The Morgan fingerprint density at radius 3 is 2.67 bits per heavy atom. The number of amides is 1. The van der Waals surface area contributed by atoms with Crippen molar-refractivity contribution < 1.29 is 14.3 Å². The first-order valence-electron chi connectivity index (χ1n) is 9.64. The maximum atomic E-state index is 12.9. The molecule has 0 spiro atoms. The van der Waals surface area contributed by atoms with Gasteiger partial charge in [-0.05, 0) is 18.6 Å². The van der Waals surface area contributed by atoms with Gasteiger partial charge in [-0.3, -0.25) is 9.69 Å². The number of carbonyl (C=O) groups excluding carboxylic acids is 1. The Hall–Kier alpha value is -2.53. The van der Waals surface area contributed by atoms with E-state index in [9.17, 15) is 4.79 Å². The van der Waals surface area contributed by atoms with Crippen molar-refractivity contribution in [3.63, 3.8) is 0 Å². The standard InChI is InChI=1S/C22H26N2O3/c1-17-15-23(16-18-6-3-2-4-7-18)10-11-24(17)21(25)14-19-8-5-9-20-22(19)27-13-12-26-20/h2-9,17H,10-16H2,1H3/t17-/m1/s1. The highest BCUT2D eigenvalue weighted by molar-refractivity contribution is 5.80. The molecule has 1 atom stereocenters. The van der Waals surface area contributed by atoms with Crippen LogP contribution >= 0.6 is 0 Å². The molecule has 1 amide bonds. The van der Waals surface area contributed by atoms with Crippen LogP contribution in [-0.4, -0.2) is 54.6 Å². The lowest BCUT2D eigenvalue weighted by molar-refractivity contribution is -0.135. The second-order valence-electron chi connectivity index (χ2n) is 7.27. The first-order valence-corrected chi connectivity index (χ1v) is 9.64. The van der Waals surface area contributed by atoms with E-state index >= 15 is 0 Å². The molecule has 5 heteroatoms. The van der Waals surface area contributed by atoms with Crippen molar-refractivity contribution in [1.82, 2.24) is 9.80 Å². The highest BCUT2D eigenvalue weighted by atomic mass is 16.6. The Kier molecular flexibility index (Phi) is 5.30. The van der Waals surface area contributed by atoms with Crippen LogP contribution < -0.4 is 9.47 Å². The molecule has 5 nitrogen and oxygen atoms in total. The predicted octanol–water partition coefficient (Wildman–Crippen LogP) is 2.73. The molecule has 4 rings (SSSR count). The van der Waals surface area contributed by atoms with Crippen molar-refractivity contribution in [2.45, 2.75) is 25.9 Å². The molecule has 1 saturated heterocycles. The minimum absolute atomic E-state index is 0.157. The zero-order valence-electron chi connectivity index (χ0n) is 15.8. The zero-order chi connectivity index (χ0) is 18.6. The molecular weight excluding hydrogens is 340 g/mol. The molecule has 27 heavy (non-hydrogen) atoms. The summed E-state index contributed by atoms with van der Waals surface area (Å²) in [6.45, 7) is 6.72. The third-order valence-electron chi connectivity index (χ3n) is 5.27. The molecule has 0 saturated carbocycles. The fraction of sp³-hybridized carbons (Fsp3) is 0.409. The van der Waals surface area contributed by atoms with Gasteiger partial charge in [0.25, 0.3) is 0 Å². The Morgan fingerprint density at radius 1 is 1.04 bits per heavy atom. The summed E-state index contributed by atoms with van der Waals surface area (Å²) in [6.07, 6.45) is 0.357. The first kappa shape index (κ1) is 17.9. The molecule has 0 aromatic heterocycles. The van der Waals surface area contributed by atoms with Gasteiger partial charge in [0.1, 0.15) is 13.2 Å². The summed E-state index contributed by atoms with van der Waals surface area (Å²) in [4.78, 5) is 17.4.